The number of ether oxygens (including phenoxy) is 1. The number of rotatable bonds is 5. The summed E-state index contributed by atoms with van der Waals surface area (Å²) in [5, 5.41) is 19.3. The topological polar surface area (TPSA) is 73.1 Å². The normalized spacial score (nSPS) is 10.7. The largest absolute Gasteiger partial charge is 0.544 e. The van der Waals surface area contributed by atoms with E-state index in [1.165, 1.54) is 6.08 Å². The maximum atomic E-state index is 10.6. The molecule has 0 bridgehead atoms. The minimum absolute atomic E-state index is 0.409. The number of nitrogens with zero attached hydrogens (tertiary/aromatic N) is 1. The molecule has 4 heteroatoms. The maximum Gasteiger partial charge on any atom is 0.119 e. The Morgan fingerprint density at radius 3 is 2.38 bits per heavy atom. The first-order valence-corrected chi connectivity index (χ1v) is 6.29. The van der Waals surface area contributed by atoms with Gasteiger partial charge in [-0.3, -0.25) is 0 Å². The zero-order valence-electron chi connectivity index (χ0n) is 11.2. The van der Waals surface area contributed by atoms with Crippen molar-refractivity contribution < 1.29 is 14.6 Å². The number of carboxylic acids is 1. The van der Waals surface area contributed by atoms with Crippen LogP contribution in [0, 0.1) is 11.3 Å². The summed E-state index contributed by atoms with van der Waals surface area (Å²) in [6.45, 7) is 0.457. The van der Waals surface area contributed by atoms with Crippen molar-refractivity contribution in [3.05, 3.63) is 71.3 Å². The van der Waals surface area contributed by atoms with Crippen molar-refractivity contribution in [2.75, 3.05) is 0 Å². The van der Waals surface area contributed by atoms with Crippen LogP contribution in [0.15, 0.2) is 60.2 Å². The monoisotopic (exact) mass is 278 g/mol. The molecule has 0 saturated heterocycles. The Kier molecular flexibility index (Phi) is 4.73. The van der Waals surface area contributed by atoms with Gasteiger partial charge in [-0.15, -0.1) is 0 Å². The lowest BCUT2D eigenvalue weighted by Crippen LogP contribution is -2.23. The Morgan fingerprint density at radius 2 is 1.81 bits per heavy atom. The quantitative estimate of drug-likeness (QED) is 0.618. The van der Waals surface area contributed by atoms with E-state index in [1.807, 2.05) is 30.3 Å². The van der Waals surface area contributed by atoms with E-state index in [0.29, 0.717) is 17.9 Å². The van der Waals surface area contributed by atoms with Gasteiger partial charge in [-0.05, 0) is 29.3 Å². The highest BCUT2D eigenvalue weighted by atomic mass is 16.5. The minimum atomic E-state index is -1.48. The predicted octanol–water partition coefficient (Wildman–Crippen LogP) is 1.92. The molecule has 0 radical (unpaired) electrons. The van der Waals surface area contributed by atoms with E-state index in [2.05, 4.69) is 0 Å². The number of benzene rings is 2. The molecule has 0 aromatic heterocycles. The zero-order chi connectivity index (χ0) is 15.1. The van der Waals surface area contributed by atoms with Crippen LogP contribution in [0.3, 0.4) is 0 Å². The Labute approximate surface area is 122 Å². The van der Waals surface area contributed by atoms with E-state index in [1.54, 1.807) is 30.3 Å². The van der Waals surface area contributed by atoms with Gasteiger partial charge in [0.2, 0.25) is 0 Å². The maximum absolute atomic E-state index is 10.6. The summed E-state index contributed by atoms with van der Waals surface area (Å²) in [6, 6.07) is 18.1. The van der Waals surface area contributed by atoms with Crippen LogP contribution < -0.4 is 9.84 Å². The van der Waals surface area contributed by atoms with Gasteiger partial charge in [0.25, 0.3) is 0 Å². The van der Waals surface area contributed by atoms with Gasteiger partial charge in [-0.2, -0.15) is 5.26 Å². The van der Waals surface area contributed by atoms with E-state index < -0.39 is 11.5 Å². The van der Waals surface area contributed by atoms with Crippen molar-refractivity contribution in [3.63, 3.8) is 0 Å². The lowest BCUT2D eigenvalue weighted by atomic mass is 10.1. The van der Waals surface area contributed by atoms with E-state index >= 15 is 0 Å². The fourth-order valence-corrected chi connectivity index (χ4v) is 1.70. The van der Waals surface area contributed by atoms with Gasteiger partial charge < -0.3 is 14.6 Å². The molecule has 2 aromatic rings. The van der Waals surface area contributed by atoms with Crippen LogP contribution in [0.4, 0.5) is 0 Å². The Balaban J connectivity index is 2.03. The van der Waals surface area contributed by atoms with Crippen molar-refractivity contribution in [3.8, 4) is 11.8 Å². The zero-order valence-corrected chi connectivity index (χ0v) is 11.2. The Bertz CT molecular complexity index is 682. The molecule has 0 heterocycles. The third-order valence-electron chi connectivity index (χ3n) is 2.78. The van der Waals surface area contributed by atoms with Crippen LogP contribution in [-0.2, 0) is 11.4 Å². The molecule has 0 aliphatic rings. The first-order valence-electron chi connectivity index (χ1n) is 6.29. The Morgan fingerprint density at radius 1 is 1.14 bits per heavy atom. The van der Waals surface area contributed by atoms with Crippen LogP contribution in [0.1, 0.15) is 11.1 Å². The van der Waals surface area contributed by atoms with Gasteiger partial charge in [0, 0.05) is 0 Å². The predicted molar refractivity (Wildman–Crippen MR) is 75.8 cm³/mol. The highest BCUT2D eigenvalue weighted by molar-refractivity contribution is 5.95. The third kappa shape index (κ3) is 4.22. The third-order valence-corrected chi connectivity index (χ3v) is 2.78. The summed E-state index contributed by atoms with van der Waals surface area (Å²) >= 11 is 0. The fraction of sp³-hybridized carbons (Fsp3) is 0.0588. The number of hydrogen-bond donors (Lipinski definition) is 0. The molecule has 0 saturated carbocycles. The number of carbonyl (C=O) groups excluding carboxylic acids is 1. The molecule has 4 nitrogen and oxygen atoms in total. The van der Waals surface area contributed by atoms with Crippen LogP contribution in [-0.4, -0.2) is 5.97 Å². The second-order valence-electron chi connectivity index (χ2n) is 4.30. The van der Waals surface area contributed by atoms with Gasteiger partial charge in [0.1, 0.15) is 18.4 Å². The summed E-state index contributed by atoms with van der Waals surface area (Å²) in [7, 11) is 0. The SMILES string of the molecule is N#C/C(=C\c1ccc(OCc2ccccc2)cc1)C(=O)[O-]. The fourth-order valence-electron chi connectivity index (χ4n) is 1.70. The first kappa shape index (κ1) is 14.4. The van der Waals surface area contributed by atoms with Crippen molar-refractivity contribution in [2.45, 2.75) is 6.61 Å². The molecule has 0 unspecified atom stereocenters. The van der Waals surface area contributed by atoms with E-state index in [0.717, 1.165) is 5.56 Å². The number of hydrogen-bond acceptors (Lipinski definition) is 4. The number of carboxylic acid groups (broad SMARTS) is 1. The molecule has 2 aromatic carbocycles. The van der Waals surface area contributed by atoms with Crippen molar-refractivity contribution in [1.82, 2.24) is 0 Å². The molecule has 0 aliphatic heterocycles. The van der Waals surface area contributed by atoms with E-state index in [9.17, 15) is 9.90 Å². The van der Waals surface area contributed by atoms with Crippen LogP contribution in [0.2, 0.25) is 0 Å². The van der Waals surface area contributed by atoms with Crippen molar-refractivity contribution in [1.29, 1.82) is 5.26 Å². The molecular weight excluding hydrogens is 266 g/mol. The average molecular weight is 278 g/mol. The molecule has 0 spiro atoms. The number of nitriles is 1. The van der Waals surface area contributed by atoms with E-state index in [4.69, 9.17) is 10.00 Å². The molecule has 21 heavy (non-hydrogen) atoms. The average Bonchev–Trinajstić information content (AvgIpc) is 2.52. The van der Waals surface area contributed by atoms with Gasteiger partial charge >= 0.3 is 0 Å². The summed E-state index contributed by atoms with van der Waals surface area (Å²) in [6.07, 6.45) is 1.26. The summed E-state index contributed by atoms with van der Waals surface area (Å²) < 4.78 is 5.61. The van der Waals surface area contributed by atoms with Gasteiger partial charge in [0.15, 0.2) is 0 Å². The van der Waals surface area contributed by atoms with Crippen LogP contribution in [0.25, 0.3) is 6.08 Å². The highest BCUT2D eigenvalue weighted by Gasteiger charge is 1.99. The second kappa shape index (κ2) is 6.92. The van der Waals surface area contributed by atoms with Crippen LogP contribution >= 0.6 is 0 Å². The first-order chi connectivity index (χ1) is 10.2. The summed E-state index contributed by atoms with van der Waals surface area (Å²) in [5.41, 5.74) is 1.25. The molecule has 0 N–H and O–H groups in total. The van der Waals surface area contributed by atoms with Crippen LogP contribution in [0.5, 0.6) is 5.75 Å². The number of aliphatic carboxylic acids is 1. The van der Waals surface area contributed by atoms with Crippen molar-refractivity contribution in [2.24, 2.45) is 0 Å². The lowest BCUT2D eigenvalue weighted by molar-refractivity contribution is -0.298. The Hall–Kier alpha value is -3.06. The van der Waals surface area contributed by atoms with Gasteiger partial charge in [0.05, 0.1) is 11.5 Å². The molecule has 2 rings (SSSR count). The van der Waals surface area contributed by atoms with Gasteiger partial charge in [-0.1, -0.05) is 42.5 Å². The molecule has 0 atom stereocenters. The summed E-state index contributed by atoms with van der Waals surface area (Å²) in [5.74, 6) is -0.815. The van der Waals surface area contributed by atoms with E-state index in [-0.39, 0.29) is 0 Å². The van der Waals surface area contributed by atoms with Gasteiger partial charge in [-0.25, -0.2) is 0 Å². The second-order valence-corrected chi connectivity index (χ2v) is 4.30. The summed E-state index contributed by atoms with van der Waals surface area (Å²) in [4.78, 5) is 10.6. The molecule has 0 amide bonds. The molecule has 0 aliphatic carbocycles. The minimum Gasteiger partial charge on any atom is -0.544 e. The number of carbonyl (C=O) groups is 1. The molecule has 104 valence electrons. The highest BCUT2D eigenvalue weighted by Crippen LogP contribution is 2.16. The lowest BCUT2D eigenvalue weighted by Gasteiger charge is -2.06. The smallest absolute Gasteiger partial charge is 0.119 e. The molecule has 0 fully saturated rings. The standard InChI is InChI=1S/C17H13NO3/c18-11-15(17(19)20)10-13-6-8-16(9-7-13)21-12-14-4-2-1-3-5-14/h1-10H,12H2,(H,19,20)/p-1/b15-10+. The molecular formula is C17H12NO3-. The van der Waals surface area contributed by atoms with Crippen molar-refractivity contribution >= 4 is 12.0 Å².